The molecule has 3 nitrogen and oxygen atoms in total. The van der Waals surface area contributed by atoms with Crippen molar-refractivity contribution < 1.29 is 4.79 Å². The zero-order chi connectivity index (χ0) is 11.7. The van der Waals surface area contributed by atoms with E-state index < -0.39 is 0 Å². The van der Waals surface area contributed by atoms with Crippen molar-refractivity contribution in [3.8, 4) is 0 Å². The average Bonchev–Trinajstić information content (AvgIpc) is 3.04. The first-order chi connectivity index (χ1) is 7.58. The molecule has 16 heavy (non-hydrogen) atoms. The van der Waals surface area contributed by atoms with E-state index in [4.69, 9.17) is 5.73 Å². The van der Waals surface area contributed by atoms with Crippen molar-refractivity contribution in [3.63, 3.8) is 0 Å². The second-order valence-electron chi connectivity index (χ2n) is 4.69. The summed E-state index contributed by atoms with van der Waals surface area (Å²) in [6.07, 6.45) is 2.38. The van der Waals surface area contributed by atoms with Crippen molar-refractivity contribution in [1.29, 1.82) is 0 Å². The first-order valence-corrected chi connectivity index (χ1v) is 5.75. The van der Waals surface area contributed by atoms with Crippen molar-refractivity contribution in [2.75, 3.05) is 11.1 Å². The lowest BCUT2D eigenvalue weighted by Crippen LogP contribution is -2.22. The van der Waals surface area contributed by atoms with Crippen LogP contribution in [0.5, 0.6) is 0 Å². The molecule has 0 bridgehead atoms. The summed E-state index contributed by atoms with van der Waals surface area (Å²) in [4.78, 5) is 11.9. The first-order valence-electron chi connectivity index (χ1n) is 5.75. The van der Waals surface area contributed by atoms with E-state index in [1.165, 1.54) is 12.8 Å². The standard InChI is InChI=1S/C13H18N2O/c1-8-7-11(14)5-6-12(8)15-13(16)9(2)10-3-4-10/h5-7,9-10H,3-4,14H2,1-2H3,(H,15,16). The van der Waals surface area contributed by atoms with Crippen molar-refractivity contribution in [1.82, 2.24) is 0 Å². The Morgan fingerprint density at radius 3 is 2.75 bits per heavy atom. The number of nitrogens with two attached hydrogens (primary N) is 1. The number of nitrogen functional groups attached to an aromatic ring is 1. The van der Waals surface area contributed by atoms with Gasteiger partial charge < -0.3 is 11.1 Å². The Bertz CT molecular complexity index is 410. The highest BCUT2D eigenvalue weighted by molar-refractivity contribution is 5.93. The van der Waals surface area contributed by atoms with E-state index in [0.717, 1.165) is 16.9 Å². The quantitative estimate of drug-likeness (QED) is 0.766. The second kappa shape index (κ2) is 4.16. The van der Waals surface area contributed by atoms with E-state index in [2.05, 4.69) is 5.32 Å². The van der Waals surface area contributed by atoms with Crippen molar-refractivity contribution in [2.45, 2.75) is 26.7 Å². The highest BCUT2D eigenvalue weighted by Gasteiger charge is 2.32. The third-order valence-electron chi connectivity index (χ3n) is 3.25. The van der Waals surface area contributed by atoms with E-state index in [1.807, 2.05) is 32.0 Å². The molecule has 1 atom stereocenters. The summed E-state index contributed by atoms with van der Waals surface area (Å²) in [5.74, 6) is 0.835. The minimum Gasteiger partial charge on any atom is -0.399 e. The molecule has 86 valence electrons. The van der Waals surface area contributed by atoms with Gasteiger partial charge in [-0.3, -0.25) is 4.79 Å². The Morgan fingerprint density at radius 1 is 1.50 bits per heavy atom. The Balaban J connectivity index is 2.05. The molecule has 1 unspecified atom stereocenters. The third-order valence-corrected chi connectivity index (χ3v) is 3.25. The lowest BCUT2D eigenvalue weighted by Gasteiger charge is -2.13. The maximum atomic E-state index is 11.9. The van der Waals surface area contributed by atoms with Gasteiger partial charge in [-0.15, -0.1) is 0 Å². The van der Waals surface area contributed by atoms with Crippen molar-refractivity contribution >= 4 is 17.3 Å². The van der Waals surface area contributed by atoms with Crippen LogP contribution < -0.4 is 11.1 Å². The predicted octanol–water partition coefficient (Wildman–Crippen LogP) is 2.56. The molecule has 1 aromatic rings. The van der Waals surface area contributed by atoms with Gasteiger partial charge in [0.2, 0.25) is 5.91 Å². The number of rotatable bonds is 3. The molecule has 1 saturated carbocycles. The van der Waals surface area contributed by atoms with Gasteiger partial charge in [-0.1, -0.05) is 6.92 Å². The van der Waals surface area contributed by atoms with E-state index in [1.54, 1.807) is 0 Å². The smallest absolute Gasteiger partial charge is 0.227 e. The Hall–Kier alpha value is -1.51. The largest absolute Gasteiger partial charge is 0.399 e. The van der Waals surface area contributed by atoms with Gasteiger partial charge in [0.1, 0.15) is 0 Å². The number of carbonyl (C=O) groups excluding carboxylic acids is 1. The number of amides is 1. The Kier molecular flexibility index (Phi) is 2.86. The number of aryl methyl sites for hydroxylation is 1. The number of nitrogens with one attached hydrogen (secondary N) is 1. The number of hydrogen-bond donors (Lipinski definition) is 2. The normalized spacial score (nSPS) is 16.9. The molecular weight excluding hydrogens is 200 g/mol. The number of benzene rings is 1. The van der Waals surface area contributed by atoms with E-state index >= 15 is 0 Å². The van der Waals surface area contributed by atoms with Gasteiger partial charge in [-0.25, -0.2) is 0 Å². The minimum atomic E-state index is 0.121. The summed E-state index contributed by atoms with van der Waals surface area (Å²) >= 11 is 0. The van der Waals surface area contributed by atoms with Gasteiger partial charge in [0.25, 0.3) is 0 Å². The van der Waals surface area contributed by atoms with Crippen LogP contribution in [0.2, 0.25) is 0 Å². The van der Waals surface area contributed by atoms with Gasteiger partial charge in [-0.05, 0) is 49.4 Å². The fourth-order valence-electron chi connectivity index (χ4n) is 1.88. The van der Waals surface area contributed by atoms with Crippen LogP contribution in [0.15, 0.2) is 18.2 Å². The van der Waals surface area contributed by atoms with Gasteiger partial charge >= 0.3 is 0 Å². The highest BCUT2D eigenvalue weighted by Crippen LogP contribution is 2.37. The van der Waals surface area contributed by atoms with Crippen LogP contribution in [-0.4, -0.2) is 5.91 Å². The second-order valence-corrected chi connectivity index (χ2v) is 4.69. The summed E-state index contributed by atoms with van der Waals surface area (Å²) in [5, 5.41) is 2.96. The van der Waals surface area contributed by atoms with Gasteiger partial charge in [-0.2, -0.15) is 0 Å². The molecule has 1 aliphatic rings. The Morgan fingerprint density at radius 2 is 2.19 bits per heavy atom. The first kappa shape index (κ1) is 11.0. The average molecular weight is 218 g/mol. The predicted molar refractivity (Wildman–Crippen MR) is 66.1 cm³/mol. The zero-order valence-electron chi connectivity index (χ0n) is 9.79. The molecule has 3 heteroatoms. The van der Waals surface area contributed by atoms with Crippen LogP contribution in [0.1, 0.15) is 25.3 Å². The van der Waals surface area contributed by atoms with E-state index in [9.17, 15) is 4.79 Å². The molecule has 1 aromatic carbocycles. The fourth-order valence-corrected chi connectivity index (χ4v) is 1.88. The summed E-state index contributed by atoms with van der Waals surface area (Å²) in [5.41, 5.74) is 8.27. The molecule has 0 aromatic heterocycles. The van der Waals surface area contributed by atoms with Crippen LogP contribution in [-0.2, 0) is 4.79 Å². The molecule has 1 fully saturated rings. The fraction of sp³-hybridized carbons (Fsp3) is 0.462. The molecule has 0 aliphatic heterocycles. The molecule has 1 amide bonds. The molecule has 0 heterocycles. The molecule has 0 spiro atoms. The van der Waals surface area contributed by atoms with Gasteiger partial charge in [0, 0.05) is 17.3 Å². The SMILES string of the molecule is Cc1cc(N)ccc1NC(=O)C(C)C1CC1. The number of anilines is 2. The third kappa shape index (κ3) is 2.35. The van der Waals surface area contributed by atoms with Crippen molar-refractivity contribution in [2.24, 2.45) is 11.8 Å². The maximum absolute atomic E-state index is 11.9. The van der Waals surface area contributed by atoms with Gasteiger partial charge in [0.15, 0.2) is 0 Å². The molecule has 0 radical (unpaired) electrons. The minimum absolute atomic E-state index is 0.121. The molecule has 2 rings (SSSR count). The molecular formula is C13H18N2O. The summed E-state index contributed by atoms with van der Waals surface area (Å²) < 4.78 is 0. The number of hydrogen-bond acceptors (Lipinski definition) is 2. The van der Waals surface area contributed by atoms with Crippen LogP contribution in [0, 0.1) is 18.8 Å². The topological polar surface area (TPSA) is 55.1 Å². The van der Waals surface area contributed by atoms with E-state index in [-0.39, 0.29) is 11.8 Å². The molecule has 3 N–H and O–H groups in total. The monoisotopic (exact) mass is 218 g/mol. The summed E-state index contributed by atoms with van der Waals surface area (Å²) in [7, 11) is 0. The number of carbonyl (C=O) groups is 1. The molecule has 0 saturated heterocycles. The van der Waals surface area contributed by atoms with Crippen LogP contribution >= 0.6 is 0 Å². The highest BCUT2D eigenvalue weighted by atomic mass is 16.1. The maximum Gasteiger partial charge on any atom is 0.227 e. The molecule has 1 aliphatic carbocycles. The summed E-state index contributed by atoms with van der Waals surface area (Å²) in [6, 6.07) is 5.55. The van der Waals surface area contributed by atoms with Crippen LogP contribution in [0.4, 0.5) is 11.4 Å². The van der Waals surface area contributed by atoms with Crippen LogP contribution in [0.25, 0.3) is 0 Å². The summed E-state index contributed by atoms with van der Waals surface area (Å²) in [6.45, 7) is 3.95. The Labute approximate surface area is 96.0 Å². The van der Waals surface area contributed by atoms with Crippen LogP contribution in [0.3, 0.4) is 0 Å². The van der Waals surface area contributed by atoms with Crippen molar-refractivity contribution in [3.05, 3.63) is 23.8 Å². The van der Waals surface area contributed by atoms with E-state index in [0.29, 0.717) is 5.92 Å². The lowest BCUT2D eigenvalue weighted by atomic mass is 10.1. The zero-order valence-corrected chi connectivity index (χ0v) is 9.79. The van der Waals surface area contributed by atoms with Gasteiger partial charge in [0.05, 0.1) is 0 Å². The lowest BCUT2D eigenvalue weighted by molar-refractivity contribution is -0.119.